The zero-order chi connectivity index (χ0) is 20.9. The van der Waals surface area contributed by atoms with Crippen LogP contribution in [-0.2, 0) is 4.74 Å². The number of aromatic nitrogens is 3. The summed E-state index contributed by atoms with van der Waals surface area (Å²) in [5.41, 5.74) is -0.109. The third-order valence-electron chi connectivity index (χ3n) is 5.30. The van der Waals surface area contributed by atoms with Crippen LogP contribution in [0.15, 0.2) is 28.0 Å². The molecule has 2 N–H and O–H groups in total. The second kappa shape index (κ2) is 6.61. The first kappa shape index (κ1) is 19.0. The van der Waals surface area contributed by atoms with Crippen LogP contribution in [0.25, 0.3) is 11.6 Å². The number of amides is 1. The lowest BCUT2D eigenvalue weighted by Gasteiger charge is -2.44. The number of nitrogens with zero attached hydrogens (tertiary/aromatic N) is 4. The van der Waals surface area contributed by atoms with E-state index in [1.54, 1.807) is 18.2 Å². The minimum atomic E-state index is -0.632. The van der Waals surface area contributed by atoms with Crippen molar-refractivity contribution in [2.24, 2.45) is 4.99 Å². The number of fused-ring (bicyclic) bond motifs is 3. The first-order valence-corrected chi connectivity index (χ1v) is 9.53. The van der Waals surface area contributed by atoms with Crippen LogP contribution in [0.3, 0.4) is 0 Å². The number of carbonyl (C=O) groups is 1. The molecule has 2 aliphatic heterocycles. The number of hydrogen-bond acceptors (Lipinski definition) is 6. The summed E-state index contributed by atoms with van der Waals surface area (Å²) in [4.78, 5) is 38.8. The van der Waals surface area contributed by atoms with Gasteiger partial charge in [0.15, 0.2) is 5.82 Å². The molecule has 29 heavy (non-hydrogen) atoms. The highest BCUT2D eigenvalue weighted by Gasteiger charge is 2.38. The average molecular weight is 396 g/mol. The Morgan fingerprint density at radius 2 is 2.14 bits per heavy atom. The molecule has 2 aliphatic rings. The number of carbonyl (C=O) groups excluding carboxylic acids is 1. The van der Waals surface area contributed by atoms with Gasteiger partial charge in [0.1, 0.15) is 28.8 Å². The molecule has 0 spiro atoms. The van der Waals surface area contributed by atoms with Gasteiger partial charge in [-0.3, -0.25) is 9.78 Å². The molecule has 2 aromatic heterocycles. The standard InChI is InChI=1S/C20H24N6O3/c1-6-13-15-16(21-5)23-19(28)26(15)14-8-7-12-17(22-14)25(10-9-11(2)29-13)20(3,4)24-18(12)27/h6-8,11H,5,9-10H2,1-4H3,(H,23,28)(H,24,27)/b13-6+/t11-/m1/s1. The van der Waals surface area contributed by atoms with E-state index in [0.717, 1.165) is 0 Å². The minimum Gasteiger partial charge on any atom is -0.489 e. The molecule has 0 aliphatic carbocycles. The third kappa shape index (κ3) is 2.93. The Morgan fingerprint density at radius 3 is 2.83 bits per heavy atom. The fourth-order valence-corrected chi connectivity index (χ4v) is 3.84. The molecular weight excluding hydrogens is 372 g/mol. The van der Waals surface area contributed by atoms with E-state index in [4.69, 9.17) is 9.72 Å². The Hall–Kier alpha value is -3.36. The Kier molecular flexibility index (Phi) is 4.33. The van der Waals surface area contributed by atoms with Crippen LogP contribution >= 0.6 is 0 Å². The Labute approximate surface area is 168 Å². The highest BCUT2D eigenvalue weighted by atomic mass is 16.5. The number of imidazole rings is 1. The predicted molar refractivity (Wildman–Crippen MR) is 111 cm³/mol. The summed E-state index contributed by atoms with van der Waals surface area (Å²) >= 11 is 0. The van der Waals surface area contributed by atoms with Crippen molar-refractivity contribution < 1.29 is 9.53 Å². The molecule has 1 amide bonds. The van der Waals surface area contributed by atoms with E-state index < -0.39 is 11.4 Å². The van der Waals surface area contributed by atoms with Gasteiger partial charge in [0.05, 0.1) is 11.7 Å². The van der Waals surface area contributed by atoms with E-state index in [1.165, 1.54) is 4.57 Å². The zero-order valence-electron chi connectivity index (χ0n) is 16.9. The van der Waals surface area contributed by atoms with Crippen molar-refractivity contribution in [3.05, 3.63) is 40.0 Å². The lowest BCUT2D eigenvalue weighted by Crippen LogP contribution is -2.61. The normalized spacial score (nSPS) is 21.7. The Morgan fingerprint density at radius 1 is 1.38 bits per heavy atom. The van der Waals surface area contributed by atoms with Crippen molar-refractivity contribution in [3.63, 3.8) is 0 Å². The highest BCUT2D eigenvalue weighted by molar-refractivity contribution is 6.01. The summed E-state index contributed by atoms with van der Waals surface area (Å²) in [6.45, 7) is 11.8. The minimum absolute atomic E-state index is 0.147. The van der Waals surface area contributed by atoms with Gasteiger partial charge in [-0.2, -0.15) is 0 Å². The number of rotatable bonds is 1. The van der Waals surface area contributed by atoms with Crippen molar-refractivity contribution in [2.45, 2.75) is 45.9 Å². The molecule has 4 heterocycles. The molecule has 9 nitrogen and oxygen atoms in total. The van der Waals surface area contributed by atoms with E-state index in [2.05, 4.69) is 22.0 Å². The summed E-state index contributed by atoms with van der Waals surface area (Å²) in [5.74, 6) is 1.55. The fourth-order valence-electron chi connectivity index (χ4n) is 3.84. The van der Waals surface area contributed by atoms with E-state index >= 15 is 0 Å². The molecule has 0 radical (unpaired) electrons. The van der Waals surface area contributed by atoms with Crippen molar-refractivity contribution in [1.82, 2.24) is 19.9 Å². The monoisotopic (exact) mass is 396 g/mol. The van der Waals surface area contributed by atoms with Crippen LogP contribution in [0.2, 0.25) is 0 Å². The molecular formula is C20H24N6O3. The number of nitrogens with one attached hydrogen (secondary N) is 2. The van der Waals surface area contributed by atoms with Gasteiger partial charge < -0.3 is 15.0 Å². The first-order valence-electron chi connectivity index (χ1n) is 9.53. The second-order valence-corrected chi connectivity index (χ2v) is 7.70. The average Bonchev–Trinajstić information content (AvgIpc) is 2.99. The molecule has 4 rings (SSSR count). The van der Waals surface area contributed by atoms with Crippen LogP contribution in [0.5, 0.6) is 0 Å². The summed E-state index contributed by atoms with van der Waals surface area (Å²) in [7, 11) is 0. The van der Waals surface area contributed by atoms with Gasteiger partial charge in [-0.15, -0.1) is 0 Å². The fraction of sp³-hybridized carbons (Fsp3) is 0.400. The quantitative estimate of drug-likeness (QED) is 0.720. The number of ether oxygens (including phenoxy) is 1. The van der Waals surface area contributed by atoms with Crippen LogP contribution in [0, 0.1) is 0 Å². The number of anilines is 1. The Balaban J connectivity index is 2.04. The largest absolute Gasteiger partial charge is 0.489 e. The van der Waals surface area contributed by atoms with Gasteiger partial charge in [0.25, 0.3) is 5.91 Å². The van der Waals surface area contributed by atoms with Crippen molar-refractivity contribution in [2.75, 3.05) is 11.4 Å². The molecule has 0 saturated heterocycles. The zero-order valence-corrected chi connectivity index (χ0v) is 16.9. The van der Waals surface area contributed by atoms with Gasteiger partial charge in [-0.25, -0.2) is 19.3 Å². The summed E-state index contributed by atoms with van der Waals surface area (Å²) in [5, 5.41) is 3.02. The molecule has 1 atom stereocenters. The lowest BCUT2D eigenvalue weighted by molar-refractivity contribution is 0.0894. The SMILES string of the molecule is C=Nc1[nH]c(=O)n2c1/C(=C\C)O[C@H](C)CCN1c3nc-2ccc3C(=O)NC1(C)C. The molecule has 0 fully saturated rings. The lowest BCUT2D eigenvalue weighted by atomic mass is 10.0. The topological polar surface area (TPSA) is 105 Å². The van der Waals surface area contributed by atoms with Crippen LogP contribution in [0.1, 0.15) is 50.2 Å². The Bertz CT molecular complexity index is 1090. The number of H-pyrrole nitrogens is 1. The van der Waals surface area contributed by atoms with Gasteiger partial charge in [0, 0.05) is 13.0 Å². The molecule has 2 aromatic rings. The van der Waals surface area contributed by atoms with E-state index in [9.17, 15) is 9.59 Å². The molecule has 0 saturated carbocycles. The molecule has 0 unspecified atom stereocenters. The molecule has 0 aromatic carbocycles. The highest BCUT2D eigenvalue weighted by Crippen LogP contribution is 2.34. The van der Waals surface area contributed by atoms with Crippen LogP contribution in [-0.4, -0.2) is 45.5 Å². The number of hydrogen-bond donors (Lipinski definition) is 2. The van der Waals surface area contributed by atoms with Gasteiger partial charge in [-0.05, 0) is 52.6 Å². The number of allylic oxidation sites excluding steroid dienone is 1. The summed E-state index contributed by atoms with van der Waals surface area (Å²) < 4.78 is 7.59. The van der Waals surface area contributed by atoms with Crippen molar-refractivity contribution >= 4 is 30.0 Å². The number of aromatic amines is 1. The van der Waals surface area contributed by atoms with E-state index in [-0.39, 0.29) is 12.0 Å². The van der Waals surface area contributed by atoms with Crippen LogP contribution < -0.4 is 15.9 Å². The predicted octanol–water partition coefficient (Wildman–Crippen LogP) is 2.35. The summed E-state index contributed by atoms with van der Waals surface area (Å²) in [6, 6.07) is 3.34. The summed E-state index contributed by atoms with van der Waals surface area (Å²) in [6.07, 6.45) is 2.33. The van der Waals surface area contributed by atoms with Gasteiger partial charge in [-0.1, -0.05) is 0 Å². The maximum Gasteiger partial charge on any atom is 0.333 e. The maximum atomic E-state index is 12.8. The first-order chi connectivity index (χ1) is 13.8. The molecule has 9 heteroatoms. The van der Waals surface area contributed by atoms with Crippen LogP contribution in [0.4, 0.5) is 11.6 Å². The maximum absolute atomic E-state index is 12.8. The van der Waals surface area contributed by atoms with E-state index in [1.807, 2.05) is 32.6 Å². The van der Waals surface area contributed by atoms with Gasteiger partial charge >= 0.3 is 5.69 Å². The second-order valence-electron chi connectivity index (χ2n) is 7.70. The van der Waals surface area contributed by atoms with Crippen molar-refractivity contribution in [1.29, 1.82) is 0 Å². The van der Waals surface area contributed by atoms with E-state index in [0.29, 0.717) is 47.4 Å². The smallest absolute Gasteiger partial charge is 0.333 e. The molecule has 152 valence electrons. The number of aliphatic imine (C=N–C) groups is 1. The molecule has 2 bridgehead atoms. The van der Waals surface area contributed by atoms with Crippen molar-refractivity contribution in [3.8, 4) is 5.82 Å². The number of pyridine rings is 1. The third-order valence-corrected chi connectivity index (χ3v) is 5.30. The van der Waals surface area contributed by atoms with Gasteiger partial charge in [0.2, 0.25) is 0 Å².